The first-order valence-electron chi connectivity index (χ1n) is 9.70. The van der Waals surface area contributed by atoms with Gasteiger partial charge >= 0.3 is 12.2 Å². The van der Waals surface area contributed by atoms with Gasteiger partial charge in [0.05, 0.1) is 23.4 Å². The summed E-state index contributed by atoms with van der Waals surface area (Å²) in [6, 6.07) is 11.1. The topological polar surface area (TPSA) is 88.1 Å². The van der Waals surface area contributed by atoms with Crippen LogP contribution in [0, 0.1) is 13.8 Å². The number of hydrogen-bond donors (Lipinski definition) is 3. The second kappa shape index (κ2) is 9.13. The van der Waals surface area contributed by atoms with Crippen molar-refractivity contribution in [3.05, 3.63) is 71.0 Å². The third-order valence-electron chi connectivity index (χ3n) is 4.85. The van der Waals surface area contributed by atoms with E-state index in [-0.39, 0.29) is 24.0 Å². The molecule has 1 aromatic heterocycles. The van der Waals surface area contributed by atoms with Crippen molar-refractivity contribution in [2.24, 2.45) is 0 Å². The Hall–Kier alpha value is -3.82. The van der Waals surface area contributed by atoms with Gasteiger partial charge in [-0.25, -0.2) is 9.48 Å². The molecule has 0 atom stereocenters. The second-order valence-corrected chi connectivity index (χ2v) is 7.12. The molecule has 7 nitrogen and oxygen atoms in total. The summed E-state index contributed by atoms with van der Waals surface area (Å²) in [5.74, 6) is -0.299. The van der Waals surface area contributed by atoms with Crippen LogP contribution in [0.5, 0.6) is 0 Å². The number of halogens is 3. The fourth-order valence-electron chi connectivity index (χ4n) is 3.19. The van der Waals surface area contributed by atoms with Crippen LogP contribution in [0.3, 0.4) is 0 Å². The average molecular weight is 445 g/mol. The van der Waals surface area contributed by atoms with Gasteiger partial charge in [-0.3, -0.25) is 4.79 Å². The van der Waals surface area contributed by atoms with Gasteiger partial charge in [0.15, 0.2) is 0 Å². The zero-order valence-corrected chi connectivity index (χ0v) is 17.7. The second-order valence-electron chi connectivity index (χ2n) is 7.12. The summed E-state index contributed by atoms with van der Waals surface area (Å²) in [6.45, 7) is 3.42. The molecule has 32 heavy (non-hydrogen) atoms. The number of nitrogens with one attached hydrogen (secondary N) is 3. The average Bonchev–Trinajstić information content (AvgIpc) is 3.02. The van der Waals surface area contributed by atoms with Crippen molar-refractivity contribution >= 4 is 23.3 Å². The van der Waals surface area contributed by atoms with E-state index in [1.54, 1.807) is 38.1 Å². The Labute approximate surface area is 182 Å². The maximum absolute atomic E-state index is 13.0. The third kappa shape index (κ3) is 5.26. The van der Waals surface area contributed by atoms with Gasteiger partial charge < -0.3 is 16.0 Å². The molecule has 3 aromatic rings. The number of benzene rings is 2. The first-order chi connectivity index (χ1) is 15.1. The molecule has 10 heteroatoms. The number of aryl methyl sites for hydroxylation is 1. The van der Waals surface area contributed by atoms with Gasteiger partial charge in [-0.1, -0.05) is 6.07 Å². The van der Waals surface area contributed by atoms with Gasteiger partial charge in [-0.15, -0.1) is 0 Å². The summed E-state index contributed by atoms with van der Waals surface area (Å²) in [4.78, 5) is 23.9. The van der Waals surface area contributed by atoms with Gasteiger partial charge in [-0.2, -0.15) is 18.3 Å². The molecular formula is C22H22F3N5O2. The lowest BCUT2D eigenvalue weighted by Crippen LogP contribution is -2.24. The van der Waals surface area contributed by atoms with Crippen LogP contribution in [0.1, 0.15) is 22.5 Å². The Morgan fingerprint density at radius 1 is 1.00 bits per heavy atom. The number of aromatic nitrogens is 2. The minimum atomic E-state index is -4.46. The summed E-state index contributed by atoms with van der Waals surface area (Å²) in [6.07, 6.45) is -4.45. The molecule has 1 heterocycles. The van der Waals surface area contributed by atoms with Gasteiger partial charge in [0, 0.05) is 29.7 Å². The lowest BCUT2D eigenvalue weighted by atomic mass is 10.1. The van der Waals surface area contributed by atoms with Gasteiger partial charge in [-0.05, 0) is 56.3 Å². The number of carbonyl (C=O) groups excluding carboxylic acids is 2. The van der Waals surface area contributed by atoms with Crippen LogP contribution >= 0.6 is 0 Å². The van der Waals surface area contributed by atoms with E-state index in [0.717, 1.165) is 12.1 Å². The van der Waals surface area contributed by atoms with Crippen molar-refractivity contribution in [1.82, 2.24) is 15.1 Å². The van der Waals surface area contributed by atoms with E-state index in [2.05, 4.69) is 21.0 Å². The molecule has 0 unspecified atom stereocenters. The third-order valence-corrected chi connectivity index (χ3v) is 4.85. The largest absolute Gasteiger partial charge is 0.416 e. The van der Waals surface area contributed by atoms with E-state index in [0.29, 0.717) is 28.3 Å². The van der Waals surface area contributed by atoms with Crippen LogP contribution in [0.2, 0.25) is 0 Å². The Bertz CT molecular complexity index is 1140. The van der Waals surface area contributed by atoms with Crippen LogP contribution in [0.15, 0.2) is 48.5 Å². The monoisotopic (exact) mass is 445 g/mol. The molecule has 0 radical (unpaired) electrons. The summed E-state index contributed by atoms with van der Waals surface area (Å²) < 4.78 is 40.5. The predicted molar refractivity (Wildman–Crippen MR) is 115 cm³/mol. The SMILES string of the molecule is CNC(=O)Nc1ccc(NC(=O)Cc2c(C)nn(-c3cccc(C(F)(F)F)c3)c2C)cc1. The number of alkyl halides is 3. The van der Waals surface area contributed by atoms with Gasteiger partial charge in [0.1, 0.15) is 0 Å². The van der Waals surface area contributed by atoms with Crippen molar-refractivity contribution in [1.29, 1.82) is 0 Å². The van der Waals surface area contributed by atoms with E-state index < -0.39 is 11.7 Å². The molecular weight excluding hydrogens is 423 g/mol. The fraction of sp³-hybridized carbons (Fsp3) is 0.227. The normalized spacial score (nSPS) is 11.2. The molecule has 0 spiro atoms. The zero-order valence-electron chi connectivity index (χ0n) is 17.7. The van der Waals surface area contributed by atoms with Crippen molar-refractivity contribution < 1.29 is 22.8 Å². The summed E-state index contributed by atoms with van der Waals surface area (Å²) in [5.41, 5.74) is 2.39. The van der Waals surface area contributed by atoms with Crippen LogP contribution in [-0.4, -0.2) is 28.8 Å². The molecule has 0 aliphatic heterocycles. The zero-order chi connectivity index (χ0) is 23.5. The quantitative estimate of drug-likeness (QED) is 0.543. The van der Waals surface area contributed by atoms with Crippen LogP contribution in [0.25, 0.3) is 5.69 Å². The van der Waals surface area contributed by atoms with Crippen molar-refractivity contribution in [3.63, 3.8) is 0 Å². The summed E-state index contributed by atoms with van der Waals surface area (Å²) >= 11 is 0. The molecule has 0 aliphatic rings. The van der Waals surface area contributed by atoms with Crippen LogP contribution < -0.4 is 16.0 Å². The van der Waals surface area contributed by atoms with E-state index in [4.69, 9.17) is 0 Å². The molecule has 0 bridgehead atoms. The minimum Gasteiger partial charge on any atom is -0.341 e. The lowest BCUT2D eigenvalue weighted by Gasteiger charge is -2.10. The lowest BCUT2D eigenvalue weighted by molar-refractivity contribution is -0.137. The number of amides is 3. The highest BCUT2D eigenvalue weighted by Crippen LogP contribution is 2.31. The van der Waals surface area contributed by atoms with E-state index in [1.165, 1.54) is 23.9 Å². The summed E-state index contributed by atoms with van der Waals surface area (Å²) in [5, 5.41) is 12.2. The highest BCUT2D eigenvalue weighted by Gasteiger charge is 2.30. The van der Waals surface area contributed by atoms with Crippen molar-refractivity contribution in [2.45, 2.75) is 26.4 Å². The highest BCUT2D eigenvalue weighted by molar-refractivity contribution is 5.93. The summed E-state index contributed by atoms with van der Waals surface area (Å²) in [7, 11) is 1.50. The number of anilines is 2. The predicted octanol–water partition coefficient (Wildman–Crippen LogP) is 4.44. The molecule has 3 amide bonds. The molecule has 2 aromatic carbocycles. The van der Waals surface area contributed by atoms with Gasteiger partial charge in [0.25, 0.3) is 0 Å². The van der Waals surface area contributed by atoms with Crippen LogP contribution in [0.4, 0.5) is 29.3 Å². The maximum atomic E-state index is 13.0. The van der Waals surface area contributed by atoms with Crippen molar-refractivity contribution in [3.8, 4) is 5.69 Å². The van der Waals surface area contributed by atoms with E-state index in [1.807, 2.05) is 0 Å². The Morgan fingerprint density at radius 2 is 1.62 bits per heavy atom. The Kier molecular flexibility index (Phi) is 6.52. The highest BCUT2D eigenvalue weighted by atomic mass is 19.4. The maximum Gasteiger partial charge on any atom is 0.416 e. The van der Waals surface area contributed by atoms with E-state index in [9.17, 15) is 22.8 Å². The van der Waals surface area contributed by atoms with E-state index >= 15 is 0 Å². The molecule has 0 aliphatic carbocycles. The standard InChI is InChI=1S/C22H22F3N5O2/c1-13-19(12-20(31)27-16-7-9-17(10-8-16)28-21(32)26-3)14(2)30(29-13)18-6-4-5-15(11-18)22(23,24)25/h4-11H,12H2,1-3H3,(H,27,31)(H2,26,28,32). The number of carbonyl (C=O) groups is 2. The van der Waals surface area contributed by atoms with Gasteiger partial charge in [0.2, 0.25) is 5.91 Å². The first-order valence-corrected chi connectivity index (χ1v) is 9.70. The first kappa shape index (κ1) is 22.9. The number of hydrogen-bond acceptors (Lipinski definition) is 3. The number of urea groups is 1. The Morgan fingerprint density at radius 3 is 2.22 bits per heavy atom. The molecule has 0 saturated carbocycles. The molecule has 168 valence electrons. The molecule has 0 saturated heterocycles. The van der Waals surface area contributed by atoms with Crippen LogP contribution in [-0.2, 0) is 17.4 Å². The molecule has 3 N–H and O–H groups in total. The molecule has 3 rings (SSSR count). The minimum absolute atomic E-state index is 0.00880. The fourth-order valence-corrected chi connectivity index (χ4v) is 3.19. The smallest absolute Gasteiger partial charge is 0.341 e. The molecule has 0 fully saturated rings. The Balaban J connectivity index is 1.74. The number of nitrogens with zero attached hydrogens (tertiary/aromatic N) is 2. The number of rotatable bonds is 5. The van der Waals surface area contributed by atoms with Crippen molar-refractivity contribution in [2.75, 3.05) is 17.7 Å².